The van der Waals surface area contributed by atoms with Crippen LogP contribution >= 0.6 is 0 Å². The number of hydrogen-bond acceptors (Lipinski definition) is 2. The number of hydrogen-bond donors (Lipinski definition) is 1. The monoisotopic (exact) mass is 251 g/mol. The highest BCUT2D eigenvalue weighted by Gasteiger charge is 2.26. The van der Waals surface area contributed by atoms with Gasteiger partial charge in [-0.1, -0.05) is 18.2 Å². The van der Waals surface area contributed by atoms with Crippen molar-refractivity contribution in [2.24, 2.45) is 0 Å². The lowest BCUT2D eigenvalue weighted by Gasteiger charge is -2.02. The molecule has 4 rings (SSSR count). The first-order valence-corrected chi connectivity index (χ1v) is 6.53. The van der Waals surface area contributed by atoms with Gasteiger partial charge < -0.3 is 9.72 Å². The molecule has 0 amide bonds. The summed E-state index contributed by atoms with van der Waals surface area (Å²) in [5.74, 6) is -0.213. The molecule has 94 valence electrons. The number of aromatic amines is 1. The average Bonchev–Trinajstić information content (AvgIpc) is 3.17. The predicted octanol–water partition coefficient (Wildman–Crippen LogP) is 3.64. The van der Waals surface area contributed by atoms with Gasteiger partial charge in [-0.25, -0.2) is 4.79 Å². The predicted molar refractivity (Wildman–Crippen MR) is 74.2 cm³/mol. The number of rotatable bonds is 2. The molecule has 3 nitrogen and oxygen atoms in total. The van der Waals surface area contributed by atoms with Gasteiger partial charge >= 0.3 is 5.97 Å². The zero-order chi connectivity index (χ0) is 12.8. The molecule has 0 aliphatic heterocycles. The first-order valence-electron chi connectivity index (χ1n) is 6.53. The van der Waals surface area contributed by atoms with E-state index in [2.05, 4.69) is 11.1 Å². The van der Waals surface area contributed by atoms with E-state index in [1.165, 1.54) is 0 Å². The second-order valence-corrected chi connectivity index (χ2v) is 5.04. The Bertz CT molecular complexity index is 784. The second-order valence-electron chi connectivity index (χ2n) is 5.04. The van der Waals surface area contributed by atoms with Crippen molar-refractivity contribution in [3.05, 3.63) is 48.0 Å². The van der Waals surface area contributed by atoms with Gasteiger partial charge in [0.05, 0.1) is 5.56 Å². The Labute approximate surface area is 110 Å². The molecule has 0 bridgehead atoms. The van der Waals surface area contributed by atoms with Crippen LogP contribution in [0.15, 0.2) is 42.5 Å². The Kier molecular flexibility index (Phi) is 2.15. The summed E-state index contributed by atoms with van der Waals surface area (Å²) in [5.41, 5.74) is 2.76. The molecule has 1 aliphatic carbocycles. The van der Waals surface area contributed by atoms with Crippen molar-refractivity contribution in [2.45, 2.75) is 18.9 Å². The van der Waals surface area contributed by atoms with Crippen molar-refractivity contribution in [3.63, 3.8) is 0 Å². The van der Waals surface area contributed by atoms with Crippen LogP contribution < -0.4 is 0 Å². The Morgan fingerprint density at radius 2 is 1.84 bits per heavy atom. The quantitative estimate of drug-likeness (QED) is 0.706. The van der Waals surface area contributed by atoms with Gasteiger partial charge in [-0.05, 0) is 37.1 Å². The van der Waals surface area contributed by atoms with Crippen LogP contribution in [0.5, 0.6) is 0 Å². The number of H-pyrrole nitrogens is 1. The number of benzene rings is 2. The fourth-order valence-electron chi connectivity index (χ4n) is 2.38. The molecule has 0 spiro atoms. The molecule has 0 atom stereocenters. The smallest absolute Gasteiger partial charge is 0.338 e. The van der Waals surface area contributed by atoms with Gasteiger partial charge in [0.25, 0.3) is 0 Å². The average molecular weight is 251 g/mol. The highest BCUT2D eigenvalue weighted by Crippen LogP contribution is 2.28. The zero-order valence-corrected chi connectivity index (χ0v) is 10.3. The summed E-state index contributed by atoms with van der Waals surface area (Å²) in [4.78, 5) is 15.3. The zero-order valence-electron chi connectivity index (χ0n) is 10.3. The first kappa shape index (κ1) is 10.6. The maximum atomic E-state index is 12.0. The number of aromatic nitrogens is 1. The molecule has 3 heteroatoms. The highest BCUT2D eigenvalue weighted by molar-refractivity contribution is 6.09. The number of carbonyl (C=O) groups is 1. The van der Waals surface area contributed by atoms with E-state index in [0.717, 1.165) is 34.6 Å². The first-order chi connectivity index (χ1) is 9.31. The van der Waals surface area contributed by atoms with E-state index in [9.17, 15) is 4.79 Å². The van der Waals surface area contributed by atoms with Gasteiger partial charge in [0, 0.05) is 21.8 Å². The number of ether oxygens (including phenoxy) is 1. The van der Waals surface area contributed by atoms with Crippen LogP contribution in [0.25, 0.3) is 21.8 Å². The van der Waals surface area contributed by atoms with E-state index in [1.54, 1.807) is 0 Å². The van der Waals surface area contributed by atoms with Crippen LogP contribution in [0, 0.1) is 0 Å². The van der Waals surface area contributed by atoms with Gasteiger partial charge in [-0.15, -0.1) is 0 Å². The maximum Gasteiger partial charge on any atom is 0.338 e. The van der Waals surface area contributed by atoms with Gasteiger partial charge in [0.15, 0.2) is 0 Å². The fraction of sp³-hybridized carbons (Fsp3) is 0.188. The molecule has 0 unspecified atom stereocenters. The lowest BCUT2D eigenvalue weighted by Crippen LogP contribution is -2.06. The molecular formula is C16H13NO2. The standard InChI is InChI=1S/C16H13NO2/c18-16(19-11-6-7-11)10-5-8-15-13(9-10)12-3-1-2-4-14(12)17-15/h1-5,8-9,11,17H,6-7H2. The molecule has 1 N–H and O–H groups in total. The van der Waals surface area contributed by atoms with Crippen molar-refractivity contribution < 1.29 is 9.53 Å². The van der Waals surface area contributed by atoms with E-state index in [4.69, 9.17) is 4.74 Å². The van der Waals surface area contributed by atoms with Crippen molar-refractivity contribution in [2.75, 3.05) is 0 Å². The molecule has 19 heavy (non-hydrogen) atoms. The number of esters is 1. The normalized spacial score (nSPS) is 14.9. The van der Waals surface area contributed by atoms with E-state index < -0.39 is 0 Å². The molecule has 1 fully saturated rings. The molecule has 1 aliphatic rings. The number of carbonyl (C=O) groups excluding carboxylic acids is 1. The maximum absolute atomic E-state index is 12.0. The van der Waals surface area contributed by atoms with Crippen LogP contribution in [0.4, 0.5) is 0 Å². The fourth-order valence-corrected chi connectivity index (χ4v) is 2.38. The van der Waals surface area contributed by atoms with Gasteiger partial charge in [0.2, 0.25) is 0 Å². The van der Waals surface area contributed by atoms with E-state index in [1.807, 2.05) is 36.4 Å². The van der Waals surface area contributed by atoms with Gasteiger partial charge in [0.1, 0.15) is 6.10 Å². The topological polar surface area (TPSA) is 42.1 Å². The summed E-state index contributed by atoms with van der Waals surface area (Å²) >= 11 is 0. The lowest BCUT2D eigenvalue weighted by atomic mass is 10.1. The molecule has 3 aromatic rings. The largest absolute Gasteiger partial charge is 0.459 e. The van der Waals surface area contributed by atoms with E-state index in [-0.39, 0.29) is 12.1 Å². The summed E-state index contributed by atoms with van der Waals surface area (Å²) in [5, 5.41) is 2.21. The SMILES string of the molecule is O=C(OC1CC1)c1ccc2[nH]c3ccccc3c2c1. The van der Waals surface area contributed by atoms with Crippen molar-refractivity contribution >= 4 is 27.8 Å². The van der Waals surface area contributed by atoms with Crippen LogP contribution in [-0.4, -0.2) is 17.1 Å². The van der Waals surface area contributed by atoms with Gasteiger partial charge in [-0.2, -0.15) is 0 Å². The summed E-state index contributed by atoms with van der Waals surface area (Å²) in [6, 6.07) is 13.8. The highest BCUT2D eigenvalue weighted by atomic mass is 16.5. The minimum absolute atomic E-state index is 0.145. The molecule has 1 saturated carbocycles. The summed E-state index contributed by atoms with van der Waals surface area (Å²) in [6.07, 6.45) is 2.15. The van der Waals surface area contributed by atoms with Crippen molar-refractivity contribution in [3.8, 4) is 0 Å². The molecule has 1 aromatic heterocycles. The number of fused-ring (bicyclic) bond motifs is 3. The number of para-hydroxylation sites is 1. The third-order valence-corrected chi connectivity index (χ3v) is 3.54. The Morgan fingerprint density at radius 3 is 2.68 bits per heavy atom. The molecule has 2 aromatic carbocycles. The lowest BCUT2D eigenvalue weighted by molar-refractivity contribution is 0.0472. The molecule has 1 heterocycles. The van der Waals surface area contributed by atoms with Crippen molar-refractivity contribution in [1.29, 1.82) is 0 Å². The number of nitrogens with one attached hydrogen (secondary N) is 1. The molecule has 0 saturated heterocycles. The van der Waals surface area contributed by atoms with E-state index in [0.29, 0.717) is 5.56 Å². The second kappa shape index (κ2) is 3.85. The summed E-state index contributed by atoms with van der Waals surface area (Å²) in [7, 11) is 0. The van der Waals surface area contributed by atoms with Crippen LogP contribution in [0.3, 0.4) is 0 Å². The molecule has 0 radical (unpaired) electrons. The summed E-state index contributed by atoms with van der Waals surface area (Å²) < 4.78 is 5.34. The third kappa shape index (κ3) is 1.78. The van der Waals surface area contributed by atoms with Crippen LogP contribution in [-0.2, 0) is 4.74 Å². The Morgan fingerprint density at radius 1 is 1.05 bits per heavy atom. The third-order valence-electron chi connectivity index (χ3n) is 3.54. The van der Waals surface area contributed by atoms with Crippen molar-refractivity contribution in [1.82, 2.24) is 4.98 Å². The Hall–Kier alpha value is -2.29. The Balaban J connectivity index is 1.84. The minimum atomic E-state index is -0.213. The molecular weight excluding hydrogens is 238 g/mol. The minimum Gasteiger partial charge on any atom is -0.459 e. The van der Waals surface area contributed by atoms with Crippen LogP contribution in [0.2, 0.25) is 0 Å². The summed E-state index contributed by atoms with van der Waals surface area (Å²) in [6.45, 7) is 0. The van der Waals surface area contributed by atoms with Crippen LogP contribution in [0.1, 0.15) is 23.2 Å². The van der Waals surface area contributed by atoms with E-state index >= 15 is 0 Å². The van der Waals surface area contributed by atoms with Gasteiger partial charge in [-0.3, -0.25) is 0 Å².